The molecule has 4 aliphatic rings. The maximum atomic E-state index is 11.5. The number of carbonyl (C=O) groups excluding carboxylic acids is 1. The van der Waals surface area contributed by atoms with Gasteiger partial charge in [0.1, 0.15) is 11.8 Å². The van der Waals surface area contributed by atoms with Crippen LogP contribution in [0.2, 0.25) is 0 Å². The van der Waals surface area contributed by atoms with Gasteiger partial charge in [0, 0.05) is 12.5 Å². The summed E-state index contributed by atoms with van der Waals surface area (Å²) in [6, 6.07) is -0.287. The largest absolute Gasteiger partial charge is 0.468 e. The molecule has 0 amide bonds. The molecule has 16 heavy (non-hydrogen) atoms. The van der Waals surface area contributed by atoms with Gasteiger partial charge in [-0.1, -0.05) is 0 Å². The van der Waals surface area contributed by atoms with E-state index in [1.807, 2.05) is 0 Å². The Hall–Kier alpha value is -0.650. The number of hydrogen-bond acceptors (Lipinski definition) is 5. The van der Waals surface area contributed by atoms with Crippen molar-refractivity contribution in [3.8, 4) is 0 Å². The Bertz CT molecular complexity index is 302. The number of nitrogens with one attached hydrogen (secondary N) is 1. The zero-order chi connectivity index (χ0) is 11.2. The Balaban J connectivity index is 1.74. The van der Waals surface area contributed by atoms with E-state index in [0.29, 0.717) is 12.5 Å². The molecule has 0 aromatic heterocycles. The van der Waals surface area contributed by atoms with Gasteiger partial charge in [-0.25, -0.2) is 0 Å². The standard InChI is InChI=1S/C11H18N2O3/c1-15-10(14)9-6-16-11(12-9)7-13-4-2-8(11)3-5-13/h8-9,12H,2-7H2,1H3. The molecule has 4 fully saturated rings. The normalized spacial score (nSPS) is 46.2. The van der Waals surface area contributed by atoms with E-state index in [1.165, 1.54) is 33.0 Å². The molecule has 2 bridgehead atoms. The smallest absolute Gasteiger partial charge is 0.325 e. The van der Waals surface area contributed by atoms with E-state index >= 15 is 0 Å². The molecule has 5 heteroatoms. The molecule has 2 unspecified atom stereocenters. The third-order valence-corrected chi connectivity index (χ3v) is 4.12. The molecule has 1 spiro atoms. The Morgan fingerprint density at radius 3 is 2.81 bits per heavy atom. The Kier molecular flexibility index (Phi) is 2.42. The van der Waals surface area contributed by atoms with Gasteiger partial charge in [-0.15, -0.1) is 0 Å². The fourth-order valence-electron chi connectivity index (χ4n) is 3.23. The highest BCUT2D eigenvalue weighted by Crippen LogP contribution is 2.39. The van der Waals surface area contributed by atoms with Crippen LogP contribution in [0.25, 0.3) is 0 Å². The van der Waals surface area contributed by atoms with Crippen LogP contribution in [0, 0.1) is 5.92 Å². The lowest BCUT2D eigenvalue weighted by molar-refractivity contribution is -0.143. The fourth-order valence-corrected chi connectivity index (χ4v) is 3.23. The summed E-state index contributed by atoms with van der Waals surface area (Å²) in [6.45, 7) is 3.68. The molecule has 4 rings (SSSR count). The van der Waals surface area contributed by atoms with Gasteiger partial charge in [0.25, 0.3) is 0 Å². The molecule has 90 valence electrons. The molecule has 0 radical (unpaired) electrons. The van der Waals surface area contributed by atoms with E-state index in [2.05, 4.69) is 10.2 Å². The minimum Gasteiger partial charge on any atom is -0.468 e. The molecule has 5 nitrogen and oxygen atoms in total. The minimum absolute atomic E-state index is 0.215. The van der Waals surface area contributed by atoms with Crippen molar-refractivity contribution >= 4 is 5.97 Å². The van der Waals surface area contributed by atoms with Crippen LogP contribution < -0.4 is 5.32 Å². The first-order valence-electron chi connectivity index (χ1n) is 5.95. The lowest BCUT2D eigenvalue weighted by atomic mass is 9.81. The molecule has 1 N–H and O–H groups in total. The van der Waals surface area contributed by atoms with Crippen molar-refractivity contribution < 1.29 is 14.3 Å². The molecule has 0 aromatic rings. The lowest BCUT2D eigenvalue weighted by Gasteiger charge is -2.50. The van der Waals surface area contributed by atoms with Gasteiger partial charge in [0.2, 0.25) is 0 Å². The van der Waals surface area contributed by atoms with Crippen LogP contribution in [0.5, 0.6) is 0 Å². The first-order chi connectivity index (χ1) is 7.73. The SMILES string of the molecule is COC(=O)C1COC2(CN3CCC2CC3)N1. The van der Waals surface area contributed by atoms with Crippen molar-refractivity contribution in [2.75, 3.05) is 33.4 Å². The minimum atomic E-state index is -0.287. The number of hydrogen-bond donors (Lipinski definition) is 1. The summed E-state index contributed by atoms with van der Waals surface area (Å²) in [5.41, 5.74) is -0.282. The molecule has 0 aromatic carbocycles. The molecule has 0 aliphatic carbocycles. The van der Waals surface area contributed by atoms with Crippen molar-refractivity contribution in [2.24, 2.45) is 5.92 Å². The van der Waals surface area contributed by atoms with Crippen LogP contribution in [-0.2, 0) is 14.3 Å². The maximum absolute atomic E-state index is 11.5. The molecule has 4 aliphatic heterocycles. The van der Waals surface area contributed by atoms with Crippen molar-refractivity contribution in [1.29, 1.82) is 0 Å². The van der Waals surface area contributed by atoms with Gasteiger partial charge in [-0.3, -0.25) is 15.0 Å². The van der Waals surface area contributed by atoms with Crippen molar-refractivity contribution in [3.63, 3.8) is 0 Å². The zero-order valence-corrected chi connectivity index (χ0v) is 9.57. The highest BCUT2D eigenvalue weighted by Gasteiger charge is 2.53. The third-order valence-electron chi connectivity index (χ3n) is 4.12. The molecular formula is C11H18N2O3. The van der Waals surface area contributed by atoms with Gasteiger partial charge < -0.3 is 9.47 Å². The van der Waals surface area contributed by atoms with Crippen molar-refractivity contribution in [2.45, 2.75) is 24.6 Å². The number of fused-ring (bicyclic) bond motifs is 2. The van der Waals surface area contributed by atoms with Crippen LogP contribution in [0.15, 0.2) is 0 Å². The average molecular weight is 226 g/mol. The van der Waals surface area contributed by atoms with E-state index in [0.717, 1.165) is 6.54 Å². The van der Waals surface area contributed by atoms with E-state index in [4.69, 9.17) is 9.47 Å². The van der Waals surface area contributed by atoms with Gasteiger partial charge in [-0.05, 0) is 25.9 Å². The van der Waals surface area contributed by atoms with Crippen molar-refractivity contribution in [1.82, 2.24) is 10.2 Å². The second kappa shape index (κ2) is 3.68. The van der Waals surface area contributed by atoms with E-state index in [1.54, 1.807) is 0 Å². The summed E-state index contributed by atoms with van der Waals surface area (Å²) in [4.78, 5) is 13.9. The van der Waals surface area contributed by atoms with E-state index < -0.39 is 0 Å². The van der Waals surface area contributed by atoms with Crippen molar-refractivity contribution in [3.05, 3.63) is 0 Å². The summed E-state index contributed by atoms with van der Waals surface area (Å²) < 4.78 is 10.7. The van der Waals surface area contributed by atoms with Gasteiger partial charge in [0.05, 0.1) is 13.7 Å². The number of ether oxygens (including phenoxy) is 2. The third kappa shape index (κ3) is 1.46. The van der Waals surface area contributed by atoms with Crippen LogP contribution in [-0.4, -0.2) is 56.0 Å². The monoisotopic (exact) mass is 226 g/mol. The second-order valence-corrected chi connectivity index (χ2v) is 4.97. The number of rotatable bonds is 1. The lowest BCUT2D eigenvalue weighted by Crippen LogP contribution is -2.65. The summed E-state index contributed by atoms with van der Waals surface area (Å²) >= 11 is 0. The number of methoxy groups -OCH3 is 1. The van der Waals surface area contributed by atoms with Gasteiger partial charge >= 0.3 is 5.97 Å². The van der Waals surface area contributed by atoms with E-state index in [9.17, 15) is 4.79 Å². The Morgan fingerprint density at radius 1 is 1.50 bits per heavy atom. The first-order valence-corrected chi connectivity index (χ1v) is 5.95. The van der Waals surface area contributed by atoms with Gasteiger partial charge in [0.15, 0.2) is 0 Å². The molecular weight excluding hydrogens is 208 g/mol. The van der Waals surface area contributed by atoms with Crippen LogP contribution in [0.1, 0.15) is 12.8 Å². The summed E-state index contributed by atoms with van der Waals surface area (Å²) in [7, 11) is 1.42. The number of carbonyl (C=O) groups is 1. The Labute approximate surface area is 95.1 Å². The topological polar surface area (TPSA) is 50.8 Å². The predicted octanol–water partition coefficient (Wildman–Crippen LogP) is -0.430. The summed E-state index contributed by atoms with van der Waals surface area (Å²) in [6.07, 6.45) is 2.34. The highest BCUT2D eigenvalue weighted by atomic mass is 16.6. The van der Waals surface area contributed by atoms with Gasteiger partial charge in [-0.2, -0.15) is 0 Å². The molecule has 4 saturated heterocycles. The quantitative estimate of drug-likeness (QED) is 0.615. The van der Waals surface area contributed by atoms with Crippen LogP contribution in [0.4, 0.5) is 0 Å². The van der Waals surface area contributed by atoms with E-state index in [-0.39, 0.29) is 17.7 Å². The molecule has 0 saturated carbocycles. The summed E-state index contributed by atoms with van der Waals surface area (Å²) in [5, 5.41) is 3.35. The molecule has 4 heterocycles. The first kappa shape index (κ1) is 10.5. The predicted molar refractivity (Wildman–Crippen MR) is 56.8 cm³/mol. The number of esters is 1. The fraction of sp³-hybridized carbons (Fsp3) is 0.909. The number of piperidine rings is 3. The zero-order valence-electron chi connectivity index (χ0n) is 9.57. The highest BCUT2D eigenvalue weighted by molar-refractivity contribution is 5.76. The second-order valence-electron chi connectivity index (χ2n) is 4.97. The maximum Gasteiger partial charge on any atom is 0.325 e. The van der Waals surface area contributed by atoms with Crippen LogP contribution >= 0.6 is 0 Å². The van der Waals surface area contributed by atoms with Crippen LogP contribution in [0.3, 0.4) is 0 Å². The Morgan fingerprint density at radius 2 is 2.25 bits per heavy atom. The number of nitrogens with zero attached hydrogens (tertiary/aromatic N) is 1. The summed E-state index contributed by atoms with van der Waals surface area (Å²) in [5.74, 6) is 0.334. The molecule has 2 atom stereocenters. The average Bonchev–Trinajstić information content (AvgIpc) is 2.74.